The number of rotatable bonds is 17. The van der Waals surface area contributed by atoms with Gasteiger partial charge in [0.15, 0.2) is 6.10 Å². The highest BCUT2D eigenvalue weighted by atomic mass is 35.5. The van der Waals surface area contributed by atoms with E-state index in [1.165, 1.54) is 62.1 Å². The van der Waals surface area contributed by atoms with E-state index in [2.05, 4.69) is 22.7 Å². The number of halogens is 4. The fourth-order valence-electron chi connectivity index (χ4n) is 5.47. The number of anilines is 2. The summed E-state index contributed by atoms with van der Waals surface area (Å²) in [6.45, 7) is 4.05. The number of aryl methyl sites for hydroxylation is 1. The first kappa shape index (κ1) is 37.6. The third kappa shape index (κ3) is 10.9. The zero-order valence-electron chi connectivity index (χ0n) is 27.3. The lowest BCUT2D eigenvalue weighted by Gasteiger charge is -2.20. The molecule has 0 bridgehead atoms. The highest BCUT2D eigenvalue weighted by Crippen LogP contribution is 2.38. The largest absolute Gasteiger partial charge is 0.508 e. The Kier molecular flexibility index (Phi) is 14.6. The van der Waals surface area contributed by atoms with Gasteiger partial charge >= 0.3 is 0 Å². The molecule has 1 aliphatic heterocycles. The summed E-state index contributed by atoms with van der Waals surface area (Å²) in [7, 11) is 0. The summed E-state index contributed by atoms with van der Waals surface area (Å²) in [5.74, 6) is 0.346. The summed E-state index contributed by atoms with van der Waals surface area (Å²) >= 11 is 25.2. The van der Waals surface area contributed by atoms with Gasteiger partial charge in [-0.2, -0.15) is 0 Å². The van der Waals surface area contributed by atoms with Crippen LogP contribution in [-0.2, 0) is 9.59 Å². The van der Waals surface area contributed by atoms with Crippen molar-refractivity contribution in [3.63, 3.8) is 0 Å². The van der Waals surface area contributed by atoms with Gasteiger partial charge in [0.1, 0.15) is 23.0 Å². The SMILES string of the molecule is CCCCCCCCCCCCC(Oc1ccc(O)cc1C)C(=O)Nc1ccc(Cl)c(N=C2CC(=O)N(c3c(Cl)cc(Cl)cc3Cl)N2)c1. The summed E-state index contributed by atoms with van der Waals surface area (Å²) < 4.78 is 6.21. The van der Waals surface area contributed by atoms with Gasteiger partial charge in [-0.1, -0.05) is 111 Å². The molecular weight excluding hydrogens is 694 g/mol. The molecule has 1 aliphatic rings. The van der Waals surface area contributed by atoms with Crippen LogP contribution in [0.3, 0.4) is 0 Å². The van der Waals surface area contributed by atoms with E-state index in [4.69, 9.17) is 51.1 Å². The number of aromatic hydroxyl groups is 1. The molecule has 1 atom stereocenters. The van der Waals surface area contributed by atoms with E-state index < -0.39 is 6.10 Å². The minimum absolute atomic E-state index is 0.0526. The third-order valence-corrected chi connectivity index (χ3v) is 9.14. The number of carbonyl (C=O) groups excluding carboxylic acids is 2. The minimum atomic E-state index is -0.760. The molecule has 1 heterocycles. The number of carbonyl (C=O) groups is 2. The van der Waals surface area contributed by atoms with Gasteiger partial charge in [0.2, 0.25) is 0 Å². The molecule has 0 aliphatic carbocycles. The van der Waals surface area contributed by atoms with Crippen molar-refractivity contribution in [1.29, 1.82) is 0 Å². The van der Waals surface area contributed by atoms with E-state index in [1.54, 1.807) is 36.4 Å². The molecule has 0 aromatic heterocycles. The Hall–Kier alpha value is -3.17. The second-order valence-corrected chi connectivity index (χ2v) is 13.6. The van der Waals surface area contributed by atoms with Crippen molar-refractivity contribution in [1.82, 2.24) is 5.43 Å². The Morgan fingerprint density at radius 1 is 0.917 bits per heavy atom. The van der Waals surface area contributed by atoms with Crippen molar-refractivity contribution in [2.75, 3.05) is 10.3 Å². The lowest BCUT2D eigenvalue weighted by Crippen LogP contribution is -2.36. The minimum Gasteiger partial charge on any atom is -0.508 e. The van der Waals surface area contributed by atoms with Crippen LogP contribution >= 0.6 is 46.4 Å². The number of aliphatic imine (C=N–C) groups is 1. The molecule has 0 radical (unpaired) electrons. The van der Waals surface area contributed by atoms with Gasteiger partial charge in [-0.25, -0.2) is 10.0 Å². The maximum atomic E-state index is 13.6. The van der Waals surface area contributed by atoms with Gasteiger partial charge in [-0.05, 0) is 73.9 Å². The number of hydrazine groups is 1. The fourth-order valence-corrected chi connectivity index (χ4v) is 6.62. The van der Waals surface area contributed by atoms with Gasteiger partial charge in [0, 0.05) is 10.7 Å². The number of amides is 2. The van der Waals surface area contributed by atoms with Gasteiger partial charge in [0.25, 0.3) is 11.8 Å². The molecule has 1 fully saturated rings. The van der Waals surface area contributed by atoms with Gasteiger partial charge in [0.05, 0.1) is 27.2 Å². The standard InChI is InChI=1S/C36H42Cl4N4O4/c1-3-4-5-6-7-8-9-10-11-12-13-32(48-31-17-15-26(45)18-23(31)2)36(47)41-25-14-16-27(38)30(21-25)42-33-22-34(46)44(43-33)35-28(39)19-24(37)20-29(35)40/h14-21,32,45H,3-13,22H2,1-2H3,(H,41,47)(H,42,43). The summed E-state index contributed by atoms with van der Waals surface area (Å²) in [4.78, 5) is 31.0. The van der Waals surface area contributed by atoms with Crippen molar-refractivity contribution in [3.8, 4) is 11.5 Å². The predicted molar refractivity (Wildman–Crippen MR) is 198 cm³/mol. The van der Waals surface area contributed by atoms with E-state index in [0.29, 0.717) is 39.4 Å². The van der Waals surface area contributed by atoms with Crippen LogP contribution in [0.1, 0.15) is 89.5 Å². The molecule has 12 heteroatoms. The number of phenols is 1. The number of amidine groups is 1. The summed E-state index contributed by atoms with van der Waals surface area (Å²) in [6.07, 6.45) is 11.6. The highest BCUT2D eigenvalue weighted by Gasteiger charge is 2.30. The van der Waals surface area contributed by atoms with Crippen molar-refractivity contribution < 1.29 is 19.4 Å². The molecule has 1 unspecified atom stereocenters. The second-order valence-electron chi connectivity index (χ2n) is 12.0. The van der Waals surface area contributed by atoms with Crippen molar-refractivity contribution in [2.45, 2.75) is 97.0 Å². The molecule has 4 rings (SSSR count). The topological polar surface area (TPSA) is 103 Å². The normalized spacial score (nSPS) is 14.3. The molecule has 3 aromatic rings. The van der Waals surface area contributed by atoms with Crippen LogP contribution in [0.2, 0.25) is 20.1 Å². The number of benzene rings is 3. The Labute approximate surface area is 302 Å². The fraction of sp³-hybridized carbons (Fsp3) is 0.417. The molecule has 3 N–H and O–H groups in total. The van der Waals surface area contributed by atoms with Crippen LogP contribution in [0.25, 0.3) is 0 Å². The maximum Gasteiger partial charge on any atom is 0.265 e. The number of nitrogens with one attached hydrogen (secondary N) is 2. The highest BCUT2D eigenvalue weighted by molar-refractivity contribution is 6.42. The Morgan fingerprint density at radius 2 is 1.56 bits per heavy atom. The Morgan fingerprint density at radius 3 is 2.21 bits per heavy atom. The Bertz CT molecular complexity index is 1590. The quantitative estimate of drug-likeness (QED) is 0.120. The average molecular weight is 737 g/mol. The number of unbranched alkanes of at least 4 members (excludes halogenated alkanes) is 9. The molecule has 1 saturated heterocycles. The average Bonchev–Trinajstić information content (AvgIpc) is 3.38. The second kappa shape index (κ2) is 18.6. The molecule has 3 aromatic carbocycles. The maximum absolute atomic E-state index is 13.6. The first-order valence-electron chi connectivity index (χ1n) is 16.4. The summed E-state index contributed by atoms with van der Waals surface area (Å²) in [6, 6.07) is 12.7. The van der Waals surface area contributed by atoms with Crippen LogP contribution in [0, 0.1) is 6.92 Å². The van der Waals surface area contributed by atoms with Crippen LogP contribution in [0.5, 0.6) is 11.5 Å². The van der Waals surface area contributed by atoms with Gasteiger partial charge in [-0.15, -0.1) is 0 Å². The summed E-state index contributed by atoms with van der Waals surface area (Å²) in [5.41, 5.74) is 4.75. The lowest BCUT2D eigenvalue weighted by atomic mass is 10.0. The molecule has 258 valence electrons. The van der Waals surface area contributed by atoms with Crippen LogP contribution < -0.4 is 20.5 Å². The number of hydrogen-bond donors (Lipinski definition) is 3. The van der Waals surface area contributed by atoms with Crippen molar-refractivity contribution in [2.24, 2.45) is 4.99 Å². The van der Waals surface area contributed by atoms with E-state index >= 15 is 0 Å². The third-order valence-electron chi connectivity index (χ3n) is 8.02. The molecule has 2 amide bonds. The van der Waals surface area contributed by atoms with Crippen LogP contribution in [0.15, 0.2) is 53.5 Å². The predicted octanol–water partition coefficient (Wildman–Crippen LogP) is 11.0. The lowest BCUT2D eigenvalue weighted by molar-refractivity contribution is -0.123. The van der Waals surface area contributed by atoms with Gasteiger partial charge in [-0.3, -0.25) is 15.0 Å². The monoisotopic (exact) mass is 734 g/mol. The van der Waals surface area contributed by atoms with E-state index in [1.807, 2.05) is 6.92 Å². The Balaban J connectivity index is 1.42. The molecular formula is C36H42Cl4N4O4. The van der Waals surface area contributed by atoms with E-state index in [-0.39, 0.29) is 39.7 Å². The molecule has 8 nitrogen and oxygen atoms in total. The van der Waals surface area contributed by atoms with E-state index in [0.717, 1.165) is 24.8 Å². The molecule has 0 spiro atoms. The first-order chi connectivity index (χ1) is 23.0. The van der Waals surface area contributed by atoms with E-state index in [9.17, 15) is 14.7 Å². The number of phenolic OH excluding ortho intramolecular Hbond substituents is 1. The number of hydrogen-bond acceptors (Lipinski definition) is 5. The zero-order valence-corrected chi connectivity index (χ0v) is 30.3. The molecule has 48 heavy (non-hydrogen) atoms. The smallest absolute Gasteiger partial charge is 0.265 e. The van der Waals surface area contributed by atoms with Crippen molar-refractivity contribution in [3.05, 3.63) is 74.2 Å². The van der Waals surface area contributed by atoms with Gasteiger partial charge < -0.3 is 15.2 Å². The number of nitrogens with zero attached hydrogens (tertiary/aromatic N) is 2. The van der Waals surface area contributed by atoms with Crippen LogP contribution in [-0.4, -0.2) is 28.9 Å². The first-order valence-corrected chi connectivity index (χ1v) is 17.9. The van der Waals surface area contributed by atoms with Crippen molar-refractivity contribution >= 4 is 81.1 Å². The number of ether oxygens (including phenoxy) is 1. The summed E-state index contributed by atoms with van der Waals surface area (Å²) in [5, 5.41) is 15.1. The zero-order chi connectivity index (χ0) is 34.6. The van der Waals surface area contributed by atoms with Crippen LogP contribution in [0.4, 0.5) is 17.1 Å². The molecule has 0 saturated carbocycles.